The minimum Gasteiger partial charge on any atom is -0.338 e. The van der Waals surface area contributed by atoms with Crippen molar-refractivity contribution in [1.29, 1.82) is 0 Å². The number of aromatic nitrogens is 2. The third-order valence-corrected chi connectivity index (χ3v) is 6.28. The maximum atomic E-state index is 13.1. The molecule has 1 unspecified atom stereocenters. The molecule has 3 aromatic rings. The smallest absolute Gasteiger partial charge is 0.263 e. The van der Waals surface area contributed by atoms with E-state index in [1.807, 2.05) is 22.4 Å². The molecule has 1 aliphatic heterocycles. The molecule has 0 saturated carbocycles. The minimum absolute atomic E-state index is 0.0197. The molecule has 0 radical (unpaired) electrons. The van der Waals surface area contributed by atoms with Gasteiger partial charge >= 0.3 is 0 Å². The van der Waals surface area contributed by atoms with Gasteiger partial charge in [0.1, 0.15) is 11.4 Å². The summed E-state index contributed by atoms with van der Waals surface area (Å²) in [7, 11) is 0. The molecular formula is C20H20ClN3O2S. The summed E-state index contributed by atoms with van der Waals surface area (Å²) in [4.78, 5) is 32.8. The van der Waals surface area contributed by atoms with Crippen LogP contribution in [0, 0.1) is 0 Å². The molecule has 1 atom stereocenters. The normalized spacial score (nSPS) is 17.4. The average Bonchev–Trinajstić information content (AvgIpc) is 3.10. The van der Waals surface area contributed by atoms with Gasteiger partial charge in [0.2, 0.25) is 5.91 Å². The van der Waals surface area contributed by atoms with E-state index in [9.17, 15) is 9.59 Å². The molecule has 7 heteroatoms. The fourth-order valence-corrected chi connectivity index (χ4v) is 4.66. The van der Waals surface area contributed by atoms with Crippen LogP contribution in [0.5, 0.6) is 0 Å². The maximum Gasteiger partial charge on any atom is 0.263 e. The summed E-state index contributed by atoms with van der Waals surface area (Å²) in [6.07, 6.45) is 4.67. The topological polar surface area (TPSA) is 55.2 Å². The van der Waals surface area contributed by atoms with Crippen LogP contribution in [0.25, 0.3) is 21.3 Å². The number of nitrogens with zero attached hydrogens (tertiary/aromatic N) is 3. The molecule has 1 aromatic carbocycles. The molecule has 1 amide bonds. The molecule has 27 heavy (non-hydrogen) atoms. The van der Waals surface area contributed by atoms with E-state index in [-0.39, 0.29) is 24.1 Å². The predicted octanol–water partition coefficient (Wildman–Crippen LogP) is 4.18. The van der Waals surface area contributed by atoms with Gasteiger partial charge in [-0.1, -0.05) is 23.7 Å². The van der Waals surface area contributed by atoms with Crippen molar-refractivity contribution in [2.45, 2.75) is 38.8 Å². The van der Waals surface area contributed by atoms with Gasteiger partial charge in [0, 0.05) is 28.6 Å². The molecule has 3 heterocycles. The van der Waals surface area contributed by atoms with E-state index in [4.69, 9.17) is 11.6 Å². The van der Waals surface area contributed by atoms with E-state index in [1.54, 1.807) is 12.1 Å². The van der Waals surface area contributed by atoms with Crippen molar-refractivity contribution in [3.05, 3.63) is 51.3 Å². The predicted molar refractivity (Wildman–Crippen MR) is 109 cm³/mol. The highest BCUT2D eigenvalue weighted by atomic mass is 35.5. The van der Waals surface area contributed by atoms with Crippen LogP contribution >= 0.6 is 22.9 Å². The van der Waals surface area contributed by atoms with Gasteiger partial charge in [-0.3, -0.25) is 14.2 Å². The zero-order valence-corrected chi connectivity index (χ0v) is 16.6. The Balaban J connectivity index is 1.69. The number of benzene rings is 1. The van der Waals surface area contributed by atoms with Crippen LogP contribution in [0.2, 0.25) is 5.02 Å². The van der Waals surface area contributed by atoms with Crippen molar-refractivity contribution >= 4 is 39.1 Å². The van der Waals surface area contributed by atoms with Crippen LogP contribution in [0.4, 0.5) is 0 Å². The van der Waals surface area contributed by atoms with Gasteiger partial charge in [0.15, 0.2) is 0 Å². The summed E-state index contributed by atoms with van der Waals surface area (Å²) >= 11 is 7.40. The maximum absolute atomic E-state index is 13.1. The molecule has 2 aromatic heterocycles. The number of halogens is 1. The highest BCUT2D eigenvalue weighted by Gasteiger charge is 2.24. The zero-order chi connectivity index (χ0) is 19.0. The molecule has 1 saturated heterocycles. The zero-order valence-electron chi connectivity index (χ0n) is 15.0. The highest BCUT2D eigenvalue weighted by Crippen LogP contribution is 2.31. The van der Waals surface area contributed by atoms with Crippen molar-refractivity contribution in [3.8, 4) is 11.1 Å². The number of hydrogen-bond donors (Lipinski definition) is 0. The first-order chi connectivity index (χ1) is 13.0. The largest absolute Gasteiger partial charge is 0.338 e. The highest BCUT2D eigenvalue weighted by molar-refractivity contribution is 7.17. The summed E-state index contributed by atoms with van der Waals surface area (Å²) in [5.41, 5.74) is 1.57. The van der Waals surface area contributed by atoms with Crippen LogP contribution in [0.15, 0.2) is 40.8 Å². The minimum atomic E-state index is -0.177. The number of amides is 1. The van der Waals surface area contributed by atoms with Crippen LogP contribution in [-0.2, 0) is 11.3 Å². The molecule has 0 spiro atoms. The standard InChI is InChI=1S/C20H20ClN3O2S/c1-13-4-2-3-9-24(13)17(25)10-23-12-22-19-18(20(23)26)16(11-27-19)14-5-7-15(21)8-6-14/h5-8,11-13H,2-4,9-10H2,1H3. The number of rotatable bonds is 3. The Bertz CT molecular complexity index is 1040. The van der Waals surface area contributed by atoms with E-state index in [0.29, 0.717) is 15.2 Å². The number of likely N-dealkylation sites (tertiary alicyclic amines) is 1. The fraction of sp³-hybridized carbons (Fsp3) is 0.350. The molecule has 4 rings (SSSR count). The number of fused-ring (bicyclic) bond motifs is 1. The average molecular weight is 402 g/mol. The van der Waals surface area contributed by atoms with Gasteiger partial charge in [0.25, 0.3) is 5.56 Å². The van der Waals surface area contributed by atoms with Gasteiger partial charge in [-0.15, -0.1) is 11.3 Å². The van der Waals surface area contributed by atoms with E-state index in [2.05, 4.69) is 11.9 Å². The molecular weight excluding hydrogens is 382 g/mol. The molecule has 5 nitrogen and oxygen atoms in total. The molecule has 1 fully saturated rings. The second kappa shape index (κ2) is 7.44. The summed E-state index contributed by atoms with van der Waals surface area (Å²) in [5.74, 6) is -0.0197. The van der Waals surface area contributed by atoms with E-state index in [0.717, 1.165) is 36.9 Å². The molecule has 0 aliphatic carbocycles. The van der Waals surface area contributed by atoms with Crippen LogP contribution in [-0.4, -0.2) is 32.9 Å². The number of carbonyl (C=O) groups is 1. The van der Waals surface area contributed by atoms with Crippen molar-refractivity contribution < 1.29 is 4.79 Å². The van der Waals surface area contributed by atoms with E-state index in [1.165, 1.54) is 22.2 Å². The number of piperidine rings is 1. The SMILES string of the molecule is CC1CCCCN1C(=O)Cn1cnc2scc(-c3ccc(Cl)cc3)c2c1=O. The number of hydrogen-bond acceptors (Lipinski definition) is 4. The third-order valence-electron chi connectivity index (χ3n) is 5.14. The Morgan fingerprint density at radius 2 is 2.07 bits per heavy atom. The Morgan fingerprint density at radius 1 is 1.30 bits per heavy atom. The summed E-state index contributed by atoms with van der Waals surface area (Å²) in [6.45, 7) is 2.86. The van der Waals surface area contributed by atoms with E-state index >= 15 is 0 Å². The van der Waals surface area contributed by atoms with Gasteiger partial charge in [0.05, 0.1) is 11.7 Å². The summed E-state index contributed by atoms with van der Waals surface area (Å²) < 4.78 is 1.43. The lowest BCUT2D eigenvalue weighted by atomic mass is 10.0. The van der Waals surface area contributed by atoms with Gasteiger partial charge < -0.3 is 4.90 Å². The van der Waals surface area contributed by atoms with Crippen molar-refractivity contribution in [3.63, 3.8) is 0 Å². The fourth-order valence-electron chi connectivity index (χ4n) is 3.63. The van der Waals surface area contributed by atoms with Gasteiger partial charge in [-0.2, -0.15) is 0 Å². The molecule has 0 bridgehead atoms. The van der Waals surface area contributed by atoms with Gasteiger partial charge in [-0.05, 0) is 43.9 Å². The monoisotopic (exact) mass is 401 g/mol. The van der Waals surface area contributed by atoms with Crippen LogP contribution < -0.4 is 5.56 Å². The van der Waals surface area contributed by atoms with Crippen molar-refractivity contribution in [1.82, 2.24) is 14.5 Å². The molecule has 1 aliphatic rings. The van der Waals surface area contributed by atoms with Gasteiger partial charge in [-0.25, -0.2) is 4.98 Å². The Labute approximate surface area is 166 Å². The Morgan fingerprint density at radius 3 is 2.81 bits per heavy atom. The van der Waals surface area contributed by atoms with E-state index < -0.39 is 0 Å². The molecule has 140 valence electrons. The molecule has 0 N–H and O–H groups in total. The lowest BCUT2D eigenvalue weighted by Crippen LogP contribution is -2.44. The quantitative estimate of drug-likeness (QED) is 0.661. The first-order valence-corrected chi connectivity index (χ1v) is 10.3. The van der Waals surface area contributed by atoms with Crippen LogP contribution in [0.3, 0.4) is 0 Å². The van der Waals surface area contributed by atoms with Crippen LogP contribution in [0.1, 0.15) is 26.2 Å². The lowest BCUT2D eigenvalue weighted by Gasteiger charge is -2.33. The number of carbonyl (C=O) groups excluding carboxylic acids is 1. The lowest BCUT2D eigenvalue weighted by molar-refractivity contribution is -0.135. The van der Waals surface area contributed by atoms with Crippen molar-refractivity contribution in [2.24, 2.45) is 0 Å². The number of thiophene rings is 1. The first-order valence-electron chi connectivity index (χ1n) is 9.06. The third kappa shape index (κ3) is 3.51. The second-order valence-corrected chi connectivity index (χ2v) is 8.24. The Hall–Kier alpha value is -2.18. The summed E-state index contributed by atoms with van der Waals surface area (Å²) in [6, 6.07) is 7.61. The Kier molecular flexibility index (Phi) is 5.02. The first kappa shape index (κ1) is 18.2. The van der Waals surface area contributed by atoms with Crippen molar-refractivity contribution in [2.75, 3.05) is 6.54 Å². The second-order valence-electron chi connectivity index (χ2n) is 6.95. The summed E-state index contributed by atoms with van der Waals surface area (Å²) in [5, 5.41) is 3.14.